The Morgan fingerprint density at radius 3 is 2.00 bits per heavy atom. The lowest BCUT2D eigenvalue weighted by Crippen LogP contribution is -2.35. The first-order valence-corrected chi connectivity index (χ1v) is 13.8. The number of rotatable bonds is 11. The van der Waals surface area contributed by atoms with Crippen molar-refractivity contribution in [3.63, 3.8) is 0 Å². The zero-order valence-corrected chi connectivity index (χ0v) is 24.2. The van der Waals surface area contributed by atoms with Crippen molar-refractivity contribution in [1.29, 1.82) is 5.26 Å². The van der Waals surface area contributed by atoms with E-state index in [1.54, 1.807) is 43.4 Å². The molecule has 214 valence electrons. The minimum Gasteiger partial charge on any atom is -0.493 e. The Morgan fingerprint density at radius 2 is 1.51 bits per heavy atom. The number of methoxy groups -OCH3 is 5. The van der Waals surface area contributed by atoms with Gasteiger partial charge in [0.2, 0.25) is 5.75 Å². The summed E-state index contributed by atoms with van der Waals surface area (Å²) in [5.74, 6) is 2.08. The van der Waals surface area contributed by atoms with Gasteiger partial charge >= 0.3 is 0 Å². The normalized spacial score (nSPS) is 16.4. The standard InChI is InChI=1S/C25H33NO9S.C2H3N/c1-30-19-8-7-18(15-20(19)31-2)25(10-12-35-36(6,28)29)9-11-26(16-25)24(27)17-13-21(32-3)23(34-5)22(14-17)33-4;1-2-3/h7-8,13-15H,9-12,16H2,1-6H3;1H3/t25-;/m1./s1. The van der Waals surface area contributed by atoms with Crippen LogP contribution in [0.3, 0.4) is 0 Å². The number of hydrogen-bond donors (Lipinski definition) is 0. The molecule has 0 aromatic heterocycles. The van der Waals surface area contributed by atoms with Crippen molar-refractivity contribution >= 4 is 16.0 Å². The SMILES string of the molecule is CC#N.COc1ccc([C@@]2(CCOS(C)(=O)=O)CCN(C(=O)c3cc(OC)c(OC)c(OC)c3)C2)cc1OC. The Labute approximate surface area is 230 Å². The molecule has 11 nitrogen and oxygen atoms in total. The average Bonchev–Trinajstić information content (AvgIpc) is 3.36. The highest BCUT2D eigenvalue weighted by Crippen LogP contribution is 2.43. The lowest BCUT2D eigenvalue weighted by atomic mass is 9.77. The molecule has 1 aliphatic rings. The van der Waals surface area contributed by atoms with E-state index in [0.29, 0.717) is 60.2 Å². The minimum absolute atomic E-state index is 0.0145. The van der Waals surface area contributed by atoms with Gasteiger partial charge in [0, 0.05) is 31.0 Å². The van der Waals surface area contributed by atoms with E-state index in [9.17, 15) is 13.2 Å². The second-order valence-corrected chi connectivity index (χ2v) is 10.4. The van der Waals surface area contributed by atoms with Crippen LogP contribution in [0.1, 0.15) is 35.7 Å². The summed E-state index contributed by atoms with van der Waals surface area (Å²) in [6.07, 6.45) is 2.01. The second-order valence-electron chi connectivity index (χ2n) is 8.74. The molecule has 0 radical (unpaired) electrons. The molecule has 1 amide bonds. The zero-order chi connectivity index (χ0) is 29.2. The maximum absolute atomic E-state index is 13.6. The van der Waals surface area contributed by atoms with Crippen molar-refractivity contribution in [3.8, 4) is 34.8 Å². The number of nitrogens with zero attached hydrogens (tertiary/aromatic N) is 2. The molecule has 1 atom stereocenters. The summed E-state index contributed by atoms with van der Waals surface area (Å²) >= 11 is 0. The first-order chi connectivity index (χ1) is 18.5. The van der Waals surface area contributed by atoms with Gasteiger partial charge in [-0.25, -0.2) is 0 Å². The Morgan fingerprint density at radius 1 is 0.949 bits per heavy atom. The molecule has 0 spiro atoms. The summed E-state index contributed by atoms with van der Waals surface area (Å²) in [4.78, 5) is 15.3. The summed E-state index contributed by atoms with van der Waals surface area (Å²) in [7, 11) is 3.98. The average molecular weight is 565 g/mol. The topological polar surface area (TPSA) is 134 Å². The minimum atomic E-state index is -3.61. The van der Waals surface area contributed by atoms with E-state index in [1.807, 2.05) is 12.1 Å². The number of hydrogen-bond acceptors (Lipinski definition) is 10. The van der Waals surface area contributed by atoms with E-state index in [4.69, 9.17) is 33.1 Å². The first kappa shape index (κ1) is 31.5. The predicted octanol–water partition coefficient (Wildman–Crippen LogP) is 3.41. The van der Waals surface area contributed by atoms with Crippen LogP contribution in [0.2, 0.25) is 0 Å². The van der Waals surface area contributed by atoms with Crippen LogP contribution in [0.5, 0.6) is 28.7 Å². The van der Waals surface area contributed by atoms with Crippen molar-refractivity contribution in [3.05, 3.63) is 41.5 Å². The Balaban J connectivity index is 0.00000170. The van der Waals surface area contributed by atoms with E-state index in [2.05, 4.69) is 0 Å². The molecule has 0 unspecified atom stereocenters. The fourth-order valence-corrected chi connectivity index (χ4v) is 4.96. The maximum atomic E-state index is 13.6. The van der Waals surface area contributed by atoms with Crippen LogP contribution < -0.4 is 23.7 Å². The van der Waals surface area contributed by atoms with Crippen LogP contribution in [0.15, 0.2) is 30.3 Å². The van der Waals surface area contributed by atoms with Gasteiger partial charge < -0.3 is 28.6 Å². The van der Waals surface area contributed by atoms with Crippen molar-refractivity contribution in [1.82, 2.24) is 4.90 Å². The fraction of sp³-hybridized carbons (Fsp3) is 0.481. The number of amides is 1. The zero-order valence-electron chi connectivity index (χ0n) is 23.4. The molecule has 39 heavy (non-hydrogen) atoms. The van der Waals surface area contributed by atoms with E-state index in [-0.39, 0.29) is 12.5 Å². The molecule has 3 rings (SSSR count). The summed E-state index contributed by atoms with van der Waals surface area (Å²) in [6, 6.07) is 10.6. The highest BCUT2D eigenvalue weighted by molar-refractivity contribution is 7.85. The maximum Gasteiger partial charge on any atom is 0.264 e. The molecule has 1 heterocycles. The molecule has 0 aliphatic carbocycles. The Bertz CT molecular complexity index is 1270. The number of carbonyl (C=O) groups excluding carboxylic acids is 1. The van der Waals surface area contributed by atoms with E-state index in [1.165, 1.54) is 28.3 Å². The molecule has 1 saturated heterocycles. The molecule has 2 aromatic rings. The fourth-order valence-electron chi connectivity index (χ4n) is 4.57. The van der Waals surface area contributed by atoms with Gasteiger partial charge in [0.25, 0.3) is 16.0 Å². The number of benzene rings is 2. The smallest absolute Gasteiger partial charge is 0.264 e. The first-order valence-electron chi connectivity index (χ1n) is 12.0. The van der Waals surface area contributed by atoms with Gasteiger partial charge in [0.1, 0.15) is 0 Å². The van der Waals surface area contributed by atoms with Crippen LogP contribution in [0, 0.1) is 11.3 Å². The molecule has 0 saturated carbocycles. The van der Waals surface area contributed by atoms with Gasteiger partial charge in [-0.3, -0.25) is 8.98 Å². The summed E-state index contributed by atoms with van der Waals surface area (Å²) in [5.41, 5.74) is 0.734. The number of likely N-dealkylation sites (tertiary alicyclic amines) is 1. The number of ether oxygens (including phenoxy) is 5. The Hall–Kier alpha value is -3.69. The molecule has 2 aromatic carbocycles. The highest BCUT2D eigenvalue weighted by atomic mass is 32.2. The van der Waals surface area contributed by atoms with Gasteiger partial charge in [0.15, 0.2) is 23.0 Å². The lowest BCUT2D eigenvalue weighted by molar-refractivity contribution is 0.0779. The third-order valence-electron chi connectivity index (χ3n) is 6.43. The van der Waals surface area contributed by atoms with Crippen LogP contribution in [-0.4, -0.2) is 80.7 Å². The van der Waals surface area contributed by atoms with Crippen LogP contribution in [-0.2, 0) is 19.7 Å². The predicted molar refractivity (Wildman–Crippen MR) is 145 cm³/mol. The summed E-state index contributed by atoms with van der Waals surface area (Å²) in [5, 5.41) is 7.32. The van der Waals surface area contributed by atoms with Crippen molar-refractivity contribution in [2.24, 2.45) is 0 Å². The van der Waals surface area contributed by atoms with E-state index >= 15 is 0 Å². The number of nitriles is 1. The monoisotopic (exact) mass is 564 g/mol. The molecular weight excluding hydrogens is 528 g/mol. The molecule has 1 aliphatic heterocycles. The van der Waals surface area contributed by atoms with E-state index < -0.39 is 15.5 Å². The molecular formula is C27H36N2O9S. The molecule has 1 fully saturated rings. The van der Waals surface area contributed by atoms with Crippen LogP contribution in [0.25, 0.3) is 0 Å². The quantitative estimate of drug-likeness (QED) is 0.374. The summed E-state index contributed by atoms with van der Waals surface area (Å²) in [6.45, 7) is 2.23. The van der Waals surface area contributed by atoms with Gasteiger partial charge in [-0.15, -0.1) is 0 Å². The van der Waals surface area contributed by atoms with Crippen molar-refractivity contribution in [2.75, 3.05) is 61.5 Å². The van der Waals surface area contributed by atoms with E-state index in [0.717, 1.165) is 11.8 Å². The van der Waals surface area contributed by atoms with Crippen molar-refractivity contribution < 1.29 is 41.1 Å². The van der Waals surface area contributed by atoms with Crippen LogP contribution in [0.4, 0.5) is 0 Å². The molecule has 0 N–H and O–H groups in total. The third-order valence-corrected chi connectivity index (χ3v) is 7.02. The lowest BCUT2D eigenvalue weighted by Gasteiger charge is -2.30. The molecule has 12 heteroatoms. The highest BCUT2D eigenvalue weighted by Gasteiger charge is 2.42. The molecule has 0 bridgehead atoms. The van der Waals surface area contributed by atoms with Gasteiger partial charge in [-0.05, 0) is 42.7 Å². The number of carbonyl (C=O) groups is 1. The van der Waals surface area contributed by atoms with Gasteiger partial charge in [-0.2, -0.15) is 13.7 Å². The largest absolute Gasteiger partial charge is 0.493 e. The van der Waals surface area contributed by atoms with Crippen molar-refractivity contribution in [2.45, 2.75) is 25.2 Å². The third kappa shape index (κ3) is 7.68. The van der Waals surface area contributed by atoms with Gasteiger partial charge in [-0.1, -0.05) is 6.07 Å². The Kier molecular flexibility index (Phi) is 11.2. The van der Waals surface area contributed by atoms with Crippen LogP contribution >= 0.6 is 0 Å². The summed E-state index contributed by atoms with van der Waals surface area (Å²) < 4.78 is 55.3. The van der Waals surface area contributed by atoms with Gasteiger partial charge in [0.05, 0.1) is 54.5 Å². The second kappa shape index (κ2) is 13.9.